The number of nitrogens with one attached hydrogen (secondary N) is 1. The Morgan fingerprint density at radius 3 is 3.00 bits per heavy atom. The molecule has 3 N–H and O–H groups in total. The van der Waals surface area contributed by atoms with Gasteiger partial charge in [0.1, 0.15) is 5.82 Å². The lowest BCUT2D eigenvalue weighted by molar-refractivity contribution is -0.126. The Kier molecular flexibility index (Phi) is 4.48. The molecule has 1 heterocycles. The first-order valence-corrected chi connectivity index (χ1v) is 7.58. The molecule has 1 fully saturated rings. The van der Waals surface area contributed by atoms with Crippen molar-refractivity contribution in [2.75, 3.05) is 0 Å². The van der Waals surface area contributed by atoms with Gasteiger partial charge >= 0.3 is 0 Å². The monoisotopic (exact) mass is 278 g/mol. The number of primary amides is 1. The molecule has 1 amide bonds. The second-order valence-electron chi connectivity index (χ2n) is 6.10. The molecule has 0 bridgehead atoms. The van der Waals surface area contributed by atoms with Crippen molar-refractivity contribution in [2.24, 2.45) is 5.73 Å². The van der Waals surface area contributed by atoms with Crippen LogP contribution < -0.4 is 11.1 Å². The first-order chi connectivity index (χ1) is 9.48. The standard InChI is InChI=1S/C15H26N4O/c1-4-13-17-8-9-19(13)12-6-5-7-15(10-12,14(16)20)18-11(2)3/h8-9,11-12,18H,4-7,10H2,1-3H3,(H2,16,20). The molecular weight excluding hydrogens is 252 g/mol. The van der Waals surface area contributed by atoms with Crippen LogP contribution in [0.4, 0.5) is 0 Å². The van der Waals surface area contributed by atoms with Gasteiger partial charge in [-0.25, -0.2) is 4.98 Å². The number of aromatic nitrogens is 2. The van der Waals surface area contributed by atoms with Crippen LogP contribution in [0.15, 0.2) is 12.4 Å². The molecule has 20 heavy (non-hydrogen) atoms. The van der Waals surface area contributed by atoms with Gasteiger partial charge in [0.25, 0.3) is 0 Å². The summed E-state index contributed by atoms with van der Waals surface area (Å²) in [5.74, 6) is 0.855. The van der Waals surface area contributed by atoms with E-state index in [0.29, 0.717) is 6.04 Å². The molecule has 2 rings (SSSR count). The molecule has 1 aliphatic rings. The molecule has 1 saturated carbocycles. The van der Waals surface area contributed by atoms with Crippen LogP contribution in [0.3, 0.4) is 0 Å². The number of rotatable bonds is 5. The van der Waals surface area contributed by atoms with Crippen LogP contribution in [0.25, 0.3) is 0 Å². The molecule has 2 atom stereocenters. The fraction of sp³-hybridized carbons (Fsp3) is 0.733. The highest BCUT2D eigenvalue weighted by Crippen LogP contribution is 2.36. The Balaban J connectivity index is 2.24. The Morgan fingerprint density at radius 2 is 2.40 bits per heavy atom. The molecule has 1 aromatic heterocycles. The predicted octanol–water partition coefficient (Wildman–Crippen LogP) is 1.78. The largest absolute Gasteiger partial charge is 0.368 e. The molecule has 5 heteroatoms. The molecule has 0 aliphatic heterocycles. The summed E-state index contributed by atoms with van der Waals surface area (Å²) in [4.78, 5) is 16.4. The van der Waals surface area contributed by atoms with Crippen molar-refractivity contribution >= 4 is 5.91 Å². The Hall–Kier alpha value is -1.36. The maximum Gasteiger partial charge on any atom is 0.237 e. The lowest BCUT2D eigenvalue weighted by Gasteiger charge is -2.41. The highest BCUT2D eigenvalue weighted by Gasteiger charge is 2.42. The van der Waals surface area contributed by atoms with Gasteiger partial charge in [-0.1, -0.05) is 6.92 Å². The van der Waals surface area contributed by atoms with E-state index in [0.717, 1.165) is 37.9 Å². The van der Waals surface area contributed by atoms with Crippen molar-refractivity contribution in [3.63, 3.8) is 0 Å². The Morgan fingerprint density at radius 1 is 1.65 bits per heavy atom. The number of imidazole rings is 1. The van der Waals surface area contributed by atoms with Crippen molar-refractivity contribution in [1.82, 2.24) is 14.9 Å². The summed E-state index contributed by atoms with van der Waals surface area (Å²) in [7, 11) is 0. The smallest absolute Gasteiger partial charge is 0.237 e. The number of carbonyl (C=O) groups excluding carboxylic acids is 1. The van der Waals surface area contributed by atoms with Gasteiger partial charge in [-0.15, -0.1) is 0 Å². The number of aryl methyl sites for hydroxylation is 1. The maximum atomic E-state index is 12.0. The van der Waals surface area contributed by atoms with Crippen LogP contribution in [0.2, 0.25) is 0 Å². The molecule has 5 nitrogen and oxygen atoms in total. The first-order valence-electron chi connectivity index (χ1n) is 7.58. The van der Waals surface area contributed by atoms with Gasteiger partial charge < -0.3 is 15.6 Å². The number of nitrogens with zero attached hydrogens (tertiary/aromatic N) is 2. The van der Waals surface area contributed by atoms with E-state index < -0.39 is 5.54 Å². The van der Waals surface area contributed by atoms with Crippen molar-refractivity contribution in [3.8, 4) is 0 Å². The van der Waals surface area contributed by atoms with Gasteiger partial charge in [0, 0.05) is 30.9 Å². The lowest BCUT2D eigenvalue weighted by atomic mass is 9.77. The summed E-state index contributed by atoms with van der Waals surface area (Å²) in [5.41, 5.74) is 5.13. The number of amides is 1. The van der Waals surface area contributed by atoms with E-state index in [1.807, 2.05) is 12.4 Å². The molecule has 112 valence electrons. The van der Waals surface area contributed by atoms with Gasteiger partial charge in [-0.05, 0) is 39.5 Å². The van der Waals surface area contributed by atoms with Crippen molar-refractivity contribution in [1.29, 1.82) is 0 Å². The highest BCUT2D eigenvalue weighted by molar-refractivity contribution is 5.84. The highest BCUT2D eigenvalue weighted by atomic mass is 16.1. The average molecular weight is 278 g/mol. The van der Waals surface area contributed by atoms with Crippen LogP contribution in [0.5, 0.6) is 0 Å². The average Bonchev–Trinajstić information content (AvgIpc) is 2.86. The van der Waals surface area contributed by atoms with Crippen molar-refractivity contribution < 1.29 is 4.79 Å². The second-order valence-corrected chi connectivity index (χ2v) is 6.10. The van der Waals surface area contributed by atoms with Gasteiger partial charge in [-0.2, -0.15) is 0 Å². The molecule has 0 saturated heterocycles. The van der Waals surface area contributed by atoms with E-state index in [-0.39, 0.29) is 11.9 Å². The zero-order valence-corrected chi connectivity index (χ0v) is 12.7. The molecular formula is C15H26N4O. The van der Waals surface area contributed by atoms with E-state index in [1.165, 1.54) is 0 Å². The number of hydrogen-bond donors (Lipinski definition) is 2. The summed E-state index contributed by atoms with van der Waals surface area (Å²) >= 11 is 0. The Labute approximate surface area is 120 Å². The molecule has 1 aromatic rings. The maximum absolute atomic E-state index is 12.0. The minimum Gasteiger partial charge on any atom is -0.368 e. The minimum absolute atomic E-state index is 0.228. The van der Waals surface area contributed by atoms with Gasteiger partial charge in [0.15, 0.2) is 0 Å². The van der Waals surface area contributed by atoms with Crippen molar-refractivity contribution in [3.05, 3.63) is 18.2 Å². The van der Waals surface area contributed by atoms with Crippen molar-refractivity contribution in [2.45, 2.75) is 70.5 Å². The molecule has 2 unspecified atom stereocenters. The minimum atomic E-state index is -0.577. The first kappa shape index (κ1) is 15.0. The molecule has 0 spiro atoms. The van der Waals surface area contributed by atoms with Crippen LogP contribution in [0, 0.1) is 0 Å². The van der Waals surface area contributed by atoms with E-state index in [9.17, 15) is 4.79 Å². The normalized spacial score (nSPS) is 26.9. The van der Waals surface area contributed by atoms with Gasteiger partial charge in [-0.3, -0.25) is 4.79 Å². The third kappa shape index (κ3) is 2.87. The zero-order valence-electron chi connectivity index (χ0n) is 12.7. The molecule has 0 radical (unpaired) electrons. The molecule has 1 aliphatic carbocycles. The SMILES string of the molecule is CCc1nccn1C1CCCC(NC(C)C)(C(N)=O)C1. The summed E-state index contributed by atoms with van der Waals surface area (Å²) in [6.45, 7) is 6.22. The van der Waals surface area contributed by atoms with Crippen LogP contribution in [0.1, 0.15) is 58.3 Å². The lowest BCUT2D eigenvalue weighted by Crippen LogP contribution is -2.59. The third-order valence-corrected chi connectivity index (χ3v) is 4.22. The van der Waals surface area contributed by atoms with E-state index in [2.05, 4.69) is 35.6 Å². The van der Waals surface area contributed by atoms with Gasteiger partial charge in [0.2, 0.25) is 5.91 Å². The fourth-order valence-corrected chi connectivity index (χ4v) is 3.41. The fourth-order valence-electron chi connectivity index (χ4n) is 3.41. The number of nitrogens with two attached hydrogens (primary N) is 1. The molecule has 0 aromatic carbocycles. The number of hydrogen-bond acceptors (Lipinski definition) is 3. The predicted molar refractivity (Wildman–Crippen MR) is 79.3 cm³/mol. The summed E-state index contributed by atoms with van der Waals surface area (Å²) < 4.78 is 2.22. The van der Waals surface area contributed by atoms with Crippen LogP contribution in [-0.2, 0) is 11.2 Å². The summed E-state index contributed by atoms with van der Waals surface area (Å²) in [5, 5.41) is 3.42. The van der Waals surface area contributed by atoms with E-state index in [4.69, 9.17) is 5.73 Å². The second kappa shape index (κ2) is 5.95. The van der Waals surface area contributed by atoms with E-state index in [1.54, 1.807) is 0 Å². The van der Waals surface area contributed by atoms with Crippen LogP contribution >= 0.6 is 0 Å². The zero-order chi connectivity index (χ0) is 14.8. The van der Waals surface area contributed by atoms with Gasteiger partial charge in [0.05, 0.1) is 5.54 Å². The Bertz CT molecular complexity index is 468. The summed E-state index contributed by atoms with van der Waals surface area (Å²) in [6, 6.07) is 0.551. The van der Waals surface area contributed by atoms with Crippen LogP contribution in [-0.4, -0.2) is 27.0 Å². The summed E-state index contributed by atoms with van der Waals surface area (Å²) in [6.07, 6.45) is 8.44. The number of carbonyl (C=O) groups is 1. The van der Waals surface area contributed by atoms with E-state index >= 15 is 0 Å². The topological polar surface area (TPSA) is 72.9 Å². The third-order valence-electron chi connectivity index (χ3n) is 4.22. The quantitative estimate of drug-likeness (QED) is 0.862.